The molecular formula is C28H32N2O5. The fourth-order valence-corrected chi connectivity index (χ4v) is 6.21. The van der Waals surface area contributed by atoms with E-state index in [0.29, 0.717) is 25.7 Å². The van der Waals surface area contributed by atoms with Crippen LogP contribution < -0.4 is 10.6 Å². The van der Waals surface area contributed by atoms with Crippen LogP contribution in [0.5, 0.6) is 0 Å². The molecule has 0 bridgehead atoms. The molecule has 0 heterocycles. The number of carboxylic acid groups (broad SMARTS) is 1. The Hall–Kier alpha value is -3.35. The third kappa shape index (κ3) is 4.17. The molecule has 0 aliphatic heterocycles. The fourth-order valence-electron chi connectivity index (χ4n) is 6.21. The number of aliphatic carboxylic acids is 1. The van der Waals surface area contributed by atoms with Gasteiger partial charge >= 0.3 is 12.1 Å². The Bertz CT molecular complexity index is 1100. The molecule has 2 aromatic carbocycles. The van der Waals surface area contributed by atoms with Gasteiger partial charge in [-0.05, 0) is 59.8 Å². The van der Waals surface area contributed by atoms with Crippen LogP contribution in [0, 0.1) is 5.41 Å². The monoisotopic (exact) mass is 476 g/mol. The molecule has 3 aliphatic carbocycles. The summed E-state index contributed by atoms with van der Waals surface area (Å²) in [5, 5.41) is 15.3. The molecule has 0 unspecified atom stereocenters. The molecule has 0 radical (unpaired) electrons. The molecule has 1 atom stereocenters. The van der Waals surface area contributed by atoms with E-state index in [0.717, 1.165) is 41.5 Å². The van der Waals surface area contributed by atoms with E-state index in [-0.39, 0.29) is 17.9 Å². The lowest BCUT2D eigenvalue weighted by Gasteiger charge is -2.59. The number of nitrogens with one attached hydrogen (secondary N) is 2. The topological polar surface area (TPSA) is 105 Å². The number of hydrogen-bond donors (Lipinski definition) is 3. The molecule has 2 fully saturated rings. The lowest BCUT2D eigenvalue weighted by Crippen LogP contribution is -2.69. The van der Waals surface area contributed by atoms with Gasteiger partial charge in [-0.15, -0.1) is 0 Å². The minimum atomic E-state index is -1.23. The average molecular weight is 477 g/mol. The van der Waals surface area contributed by atoms with Crippen LogP contribution in [0.1, 0.15) is 68.9 Å². The van der Waals surface area contributed by atoms with Gasteiger partial charge in [0, 0.05) is 5.92 Å². The van der Waals surface area contributed by atoms with Crippen molar-refractivity contribution in [3.63, 3.8) is 0 Å². The Morgan fingerprint density at radius 3 is 2.14 bits per heavy atom. The standard InChI is InChI=1S/C28H32N2O5/c1-2-8-23(24(31)30-28(25(32)33)16-27(17-28)13-7-14-27)29-26(34)35-15-22-20-11-5-3-9-18(20)19-10-4-6-12-21(19)22/h3-6,9-12,22-23H,2,7-8,13-17H2,1H3,(H,29,34)(H,30,31)(H,32,33)/t23-/m1/s1. The van der Waals surface area contributed by atoms with Gasteiger partial charge in [0.1, 0.15) is 18.2 Å². The van der Waals surface area contributed by atoms with Crippen molar-refractivity contribution in [3.05, 3.63) is 59.7 Å². The van der Waals surface area contributed by atoms with Crippen LogP contribution in [-0.2, 0) is 14.3 Å². The van der Waals surface area contributed by atoms with Gasteiger partial charge in [-0.25, -0.2) is 9.59 Å². The Kier molecular flexibility index (Phi) is 6.03. The Morgan fingerprint density at radius 2 is 1.63 bits per heavy atom. The number of alkyl carbamates (subject to hydrolysis) is 1. The molecular weight excluding hydrogens is 444 g/mol. The highest BCUT2D eigenvalue weighted by molar-refractivity contribution is 5.92. The van der Waals surface area contributed by atoms with Crippen LogP contribution in [-0.4, -0.2) is 41.3 Å². The summed E-state index contributed by atoms with van der Waals surface area (Å²) < 4.78 is 5.60. The van der Waals surface area contributed by atoms with Crippen molar-refractivity contribution in [1.29, 1.82) is 0 Å². The van der Waals surface area contributed by atoms with Crippen molar-refractivity contribution < 1.29 is 24.2 Å². The number of rotatable bonds is 8. The minimum Gasteiger partial charge on any atom is -0.480 e. The molecule has 184 valence electrons. The van der Waals surface area contributed by atoms with Gasteiger partial charge in [-0.2, -0.15) is 0 Å². The average Bonchev–Trinajstić information content (AvgIpc) is 3.11. The molecule has 2 amide bonds. The summed E-state index contributed by atoms with van der Waals surface area (Å²) in [6.07, 6.45) is 4.47. The first-order chi connectivity index (χ1) is 16.9. The second kappa shape index (κ2) is 9.02. The van der Waals surface area contributed by atoms with Gasteiger partial charge in [0.05, 0.1) is 0 Å². The van der Waals surface area contributed by atoms with E-state index in [2.05, 4.69) is 22.8 Å². The number of benzene rings is 2. The third-order valence-electron chi connectivity index (χ3n) is 8.07. The molecule has 35 heavy (non-hydrogen) atoms. The second-order valence-corrected chi connectivity index (χ2v) is 10.4. The molecule has 5 rings (SSSR count). The van der Waals surface area contributed by atoms with Crippen molar-refractivity contribution in [2.24, 2.45) is 5.41 Å². The molecule has 3 aliphatic rings. The third-order valence-corrected chi connectivity index (χ3v) is 8.07. The number of hydrogen-bond acceptors (Lipinski definition) is 4. The largest absolute Gasteiger partial charge is 0.480 e. The summed E-state index contributed by atoms with van der Waals surface area (Å²) in [5.74, 6) is -1.53. The first-order valence-corrected chi connectivity index (χ1v) is 12.5. The normalized spacial score (nSPS) is 19.5. The molecule has 1 spiro atoms. The molecule has 7 nitrogen and oxygen atoms in total. The van der Waals surface area contributed by atoms with Crippen LogP contribution >= 0.6 is 0 Å². The van der Waals surface area contributed by atoms with Gasteiger partial charge in [-0.3, -0.25) is 4.79 Å². The fraction of sp³-hybridized carbons (Fsp3) is 0.464. The number of carbonyl (C=O) groups excluding carboxylic acids is 2. The maximum absolute atomic E-state index is 13.0. The Labute approximate surface area is 205 Å². The molecule has 3 N–H and O–H groups in total. The highest BCUT2D eigenvalue weighted by Crippen LogP contribution is 2.60. The van der Waals surface area contributed by atoms with Crippen LogP contribution in [0.4, 0.5) is 4.79 Å². The predicted molar refractivity (Wildman–Crippen MR) is 131 cm³/mol. The smallest absolute Gasteiger partial charge is 0.407 e. The molecule has 7 heteroatoms. The lowest BCUT2D eigenvalue weighted by atomic mass is 9.48. The number of carboxylic acids is 1. The van der Waals surface area contributed by atoms with E-state index in [1.54, 1.807) is 0 Å². The summed E-state index contributed by atoms with van der Waals surface area (Å²) in [6, 6.07) is 15.4. The number of fused-ring (bicyclic) bond motifs is 3. The van der Waals surface area contributed by atoms with Gasteiger partial charge < -0.3 is 20.5 Å². The van der Waals surface area contributed by atoms with E-state index in [9.17, 15) is 19.5 Å². The quantitative estimate of drug-likeness (QED) is 0.517. The molecule has 2 aromatic rings. The Balaban J connectivity index is 1.22. The number of amides is 2. The SMILES string of the molecule is CCC[C@@H](NC(=O)OCC1c2ccccc2-c2ccccc21)C(=O)NC1(C(=O)O)CC2(CCC2)C1. The first-order valence-electron chi connectivity index (χ1n) is 12.5. The molecule has 0 saturated heterocycles. The zero-order chi connectivity index (χ0) is 24.6. The second-order valence-electron chi connectivity index (χ2n) is 10.4. The van der Waals surface area contributed by atoms with Crippen molar-refractivity contribution in [2.45, 2.75) is 69.4 Å². The highest BCUT2D eigenvalue weighted by Gasteiger charge is 2.62. The summed E-state index contributed by atoms with van der Waals surface area (Å²) in [7, 11) is 0. The van der Waals surface area contributed by atoms with E-state index >= 15 is 0 Å². The number of carbonyl (C=O) groups is 3. The zero-order valence-corrected chi connectivity index (χ0v) is 20.0. The van der Waals surface area contributed by atoms with E-state index in [4.69, 9.17) is 4.74 Å². The molecule has 0 aromatic heterocycles. The number of ether oxygens (including phenoxy) is 1. The summed E-state index contributed by atoms with van der Waals surface area (Å²) >= 11 is 0. The van der Waals surface area contributed by atoms with Crippen LogP contribution in [0.2, 0.25) is 0 Å². The zero-order valence-electron chi connectivity index (χ0n) is 20.0. The van der Waals surface area contributed by atoms with Crippen molar-refractivity contribution in [3.8, 4) is 11.1 Å². The van der Waals surface area contributed by atoms with Gasteiger partial charge in [-0.1, -0.05) is 68.3 Å². The summed E-state index contributed by atoms with van der Waals surface area (Å²) in [5.41, 5.74) is 3.36. The Morgan fingerprint density at radius 1 is 1.03 bits per heavy atom. The van der Waals surface area contributed by atoms with Crippen molar-refractivity contribution in [1.82, 2.24) is 10.6 Å². The van der Waals surface area contributed by atoms with Crippen LogP contribution in [0.3, 0.4) is 0 Å². The predicted octanol–water partition coefficient (Wildman–Crippen LogP) is 4.60. The summed E-state index contributed by atoms with van der Waals surface area (Å²) in [4.78, 5) is 37.8. The van der Waals surface area contributed by atoms with Gasteiger partial charge in [0.2, 0.25) is 5.91 Å². The molecule has 2 saturated carbocycles. The van der Waals surface area contributed by atoms with Crippen LogP contribution in [0.25, 0.3) is 11.1 Å². The van der Waals surface area contributed by atoms with Crippen molar-refractivity contribution >= 4 is 18.0 Å². The summed E-state index contributed by atoms with van der Waals surface area (Å²) in [6.45, 7) is 2.07. The van der Waals surface area contributed by atoms with E-state index in [1.807, 2.05) is 43.3 Å². The van der Waals surface area contributed by atoms with Crippen molar-refractivity contribution in [2.75, 3.05) is 6.61 Å². The van der Waals surface area contributed by atoms with Crippen LogP contribution in [0.15, 0.2) is 48.5 Å². The van der Waals surface area contributed by atoms with Gasteiger partial charge in [0.15, 0.2) is 0 Å². The minimum absolute atomic E-state index is 0.0736. The maximum Gasteiger partial charge on any atom is 0.407 e. The highest BCUT2D eigenvalue weighted by atomic mass is 16.5. The van der Waals surface area contributed by atoms with Gasteiger partial charge in [0.25, 0.3) is 0 Å². The first kappa shape index (κ1) is 23.4. The maximum atomic E-state index is 13.0. The van der Waals surface area contributed by atoms with E-state index < -0.39 is 29.6 Å². The van der Waals surface area contributed by atoms with E-state index in [1.165, 1.54) is 0 Å². The lowest BCUT2D eigenvalue weighted by molar-refractivity contribution is -0.166.